The number of ether oxygens (including phenoxy) is 2. The lowest BCUT2D eigenvalue weighted by Crippen LogP contribution is -2.41. The highest BCUT2D eigenvalue weighted by molar-refractivity contribution is 7.93. The van der Waals surface area contributed by atoms with E-state index in [1.165, 1.54) is 7.11 Å². The SMILES string of the molecule is CCOC(=O)CNC(=O)NS(=O)(=O)C=C(C)c1cccc(OC)c1. The van der Waals surface area contributed by atoms with E-state index in [0.717, 1.165) is 5.41 Å². The molecule has 0 bridgehead atoms. The van der Waals surface area contributed by atoms with Gasteiger partial charge in [-0.15, -0.1) is 0 Å². The van der Waals surface area contributed by atoms with E-state index in [9.17, 15) is 18.0 Å². The first-order chi connectivity index (χ1) is 11.3. The molecule has 9 heteroatoms. The summed E-state index contributed by atoms with van der Waals surface area (Å²) < 4.78 is 35.4. The van der Waals surface area contributed by atoms with Crippen molar-refractivity contribution in [3.05, 3.63) is 35.2 Å². The summed E-state index contributed by atoms with van der Waals surface area (Å²) >= 11 is 0. The molecule has 0 heterocycles. The van der Waals surface area contributed by atoms with Gasteiger partial charge >= 0.3 is 12.0 Å². The third-order valence-electron chi connectivity index (χ3n) is 2.79. The Bertz CT molecular complexity index is 727. The van der Waals surface area contributed by atoms with Gasteiger partial charge in [0.25, 0.3) is 10.0 Å². The third-order valence-corrected chi connectivity index (χ3v) is 3.92. The van der Waals surface area contributed by atoms with Gasteiger partial charge in [0, 0.05) is 0 Å². The number of methoxy groups -OCH3 is 1. The largest absolute Gasteiger partial charge is 0.497 e. The van der Waals surface area contributed by atoms with Gasteiger partial charge in [-0.1, -0.05) is 12.1 Å². The Hall–Kier alpha value is -2.55. The fraction of sp³-hybridized carbons (Fsp3) is 0.333. The van der Waals surface area contributed by atoms with Gasteiger partial charge in [-0.25, -0.2) is 17.9 Å². The van der Waals surface area contributed by atoms with E-state index < -0.39 is 28.6 Å². The maximum absolute atomic E-state index is 12.0. The Kier molecular flexibility index (Phi) is 7.25. The number of benzene rings is 1. The lowest BCUT2D eigenvalue weighted by atomic mass is 10.1. The molecule has 132 valence electrons. The van der Waals surface area contributed by atoms with E-state index in [-0.39, 0.29) is 6.61 Å². The zero-order chi connectivity index (χ0) is 18.2. The summed E-state index contributed by atoms with van der Waals surface area (Å²) in [5.74, 6) is -0.0778. The van der Waals surface area contributed by atoms with Crippen LogP contribution in [-0.4, -0.2) is 40.7 Å². The van der Waals surface area contributed by atoms with Gasteiger partial charge in [-0.3, -0.25) is 4.79 Å². The number of sulfonamides is 1. The molecule has 1 rings (SSSR count). The molecular weight excluding hydrogens is 336 g/mol. The zero-order valence-electron chi connectivity index (χ0n) is 13.7. The van der Waals surface area contributed by atoms with Crippen molar-refractivity contribution >= 4 is 27.6 Å². The van der Waals surface area contributed by atoms with Crippen molar-refractivity contribution in [3.63, 3.8) is 0 Å². The smallest absolute Gasteiger partial charge is 0.329 e. The molecule has 0 radical (unpaired) electrons. The molecule has 1 aromatic carbocycles. The average molecular weight is 356 g/mol. The summed E-state index contributed by atoms with van der Waals surface area (Å²) in [7, 11) is -2.52. The molecule has 0 spiro atoms. The van der Waals surface area contributed by atoms with Crippen LogP contribution in [0.5, 0.6) is 5.75 Å². The number of nitrogens with one attached hydrogen (secondary N) is 2. The van der Waals surface area contributed by atoms with Crippen LogP contribution in [0.2, 0.25) is 0 Å². The molecule has 0 atom stereocenters. The van der Waals surface area contributed by atoms with Crippen molar-refractivity contribution in [1.82, 2.24) is 10.0 Å². The number of rotatable bonds is 7. The molecule has 0 aromatic heterocycles. The monoisotopic (exact) mass is 356 g/mol. The average Bonchev–Trinajstić information content (AvgIpc) is 2.52. The van der Waals surface area contributed by atoms with Crippen LogP contribution in [-0.2, 0) is 19.6 Å². The summed E-state index contributed by atoms with van der Waals surface area (Å²) in [6.45, 7) is 2.95. The predicted octanol–water partition coefficient (Wildman–Crippen LogP) is 1.25. The fourth-order valence-corrected chi connectivity index (χ4v) is 2.72. The van der Waals surface area contributed by atoms with E-state index in [1.54, 1.807) is 42.8 Å². The van der Waals surface area contributed by atoms with Gasteiger partial charge in [-0.2, -0.15) is 0 Å². The molecule has 0 saturated heterocycles. The highest BCUT2D eigenvalue weighted by Gasteiger charge is 2.14. The molecule has 0 saturated carbocycles. The second-order valence-electron chi connectivity index (χ2n) is 4.67. The van der Waals surface area contributed by atoms with Gasteiger partial charge < -0.3 is 14.8 Å². The fourth-order valence-electron chi connectivity index (χ4n) is 1.73. The number of hydrogen-bond donors (Lipinski definition) is 2. The number of carbonyl (C=O) groups is 2. The minimum absolute atomic E-state index is 0.170. The molecule has 2 N–H and O–H groups in total. The van der Waals surface area contributed by atoms with Crippen molar-refractivity contribution in [1.29, 1.82) is 0 Å². The predicted molar refractivity (Wildman–Crippen MR) is 88.7 cm³/mol. The van der Waals surface area contributed by atoms with Crippen LogP contribution in [0.25, 0.3) is 5.57 Å². The van der Waals surface area contributed by atoms with Crippen molar-refractivity contribution < 1.29 is 27.5 Å². The first-order valence-electron chi connectivity index (χ1n) is 7.06. The van der Waals surface area contributed by atoms with Gasteiger partial charge in [-0.05, 0) is 37.1 Å². The van der Waals surface area contributed by atoms with E-state index in [0.29, 0.717) is 16.9 Å². The van der Waals surface area contributed by atoms with Crippen LogP contribution >= 0.6 is 0 Å². The molecule has 8 nitrogen and oxygen atoms in total. The number of hydrogen-bond acceptors (Lipinski definition) is 6. The van der Waals surface area contributed by atoms with Gasteiger partial charge in [0.15, 0.2) is 0 Å². The Morgan fingerprint density at radius 1 is 1.29 bits per heavy atom. The molecule has 0 fully saturated rings. The molecular formula is C15H20N2O6S. The second kappa shape index (κ2) is 8.92. The van der Waals surface area contributed by atoms with Crippen LogP contribution < -0.4 is 14.8 Å². The minimum atomic E-state index is -4.02. The zero-order valence-corrected chi connectivity index (χ0v) is 14.5. The number of urea groups is 1. The normalized spacial score (nSPS) is 11.5. The maximum atomic E-state index is 12.0. The summed E-state index contributed by atoms with van der Waals surface area (Å²) in [4.78, 5) is 22.6. The Balaban J connectivity index is 2.73. The van der Waals surface area contributed by atoms with E-state index >= 15 is 0 Å². The topological polar surface area (TPSA) is 111 Å². The van der Waals surface area contributed by atoms with Gasteiger partial charge in [0.1, 0.15) is 12.3 Å². The lowest BCUT2D eigenvalue weighted by molar-refractivity contribution is -0.141. The minimum Gasteiger partial charge on any atom is -0.497 e. The van der Waals surface area contributed by atoms with Crippen LogP contribution in [0.15, 0.2) is 29.7 Å². The molecule has 0 aliphatic heterocycles. The van der Waals surface area contributed by atoms with Crippen molar-refractivity contribution in [2.75, 3.05) is 20.3 Å². The summed E-state index contributed by atoms with van der Waals surface area (Å²) in [5.41, 5.74) is 1.05. The number of carbonyl (C=O) groups excluding carboxylic acids is 2. The van der Waals surface area contributed by atoms with Crippen molar-refractivity contribution in [2.45, 2.75) is 13.8 Å². The maximum Gasteiger partial charge on any atom is 0.329 e. The highest BCUT2D eigenvalue weighted by atomic mass is 32.2. The first-order valence-corrected chi connectivity index (χ1v) is 8.61. The van der Waals surface area contributed by atoms with Gasteiger partial charge in [0.05, 0.1) is 19.1 Å². The molecule has 0 aliphatic carbocycles. The molecule has 24 heavy (non-hydrogen) atoms. The van der Waals surface area contributed by atoms with Crippen LogP contribution in [0.4, 0.5) is 4.79 Å². The molecule has 0 aliphatic rings. The van der Waals surface area contributed by atoms with E-state index in [2.05, 4.69) is 10.1 Å². The second-order valence-corrected chi connectivity index (χ2v) is 6.20. The molecule has 0 unspecified atom stereocenters. The number of esters is 1. The van der Waals surface area contributed by atoms with Crippen molar-refractivity contribution in [3.8, 4) is 5.75 Å². The summed E-state index contributed by atoms with van der Waals surface area (Å²) in [6.07, 6.45) is 0. The van der Waals surface area contributed by atoms with E-state index in [1.807, 2.05) is 0 Å². The van der Waals surface area contributed by atoms with E-state index in [4.69, 9.17) is 4.74 Å². The first kappa shape index (κ1) is 19.5. The Morgan fingerprint density at radius 2 is 2.00 bits per heavy atom. The van der Waals surface area contributed by atoms with Crippen LogP contribution in [0.1, 0.15) is 19.4 Å². The number of allylic oxidation sites excluding steroid dienone is 1. The Morgan fingerprint density at radius 3 is 2.62 bits per heavy atom. The number of amides is 2. The van der Waals surface area contributed by atoms with Crippen molar-refractivity contribution in [2.24, 2.45) is 0 Å². The van der Waals surface area contributed by atoms with Crippen LogP contribution in [0.3, 0.4) is 0 Å². The standard InChI is InChI=1S/C15H20N2O6S/c1-4-23-14(18)9-16-15(19)17-24(20,21)10-11(2)12-6-5-7-13(8-12)22-3/h5-8,10H,4,9H2,1-3H3,(H2,16,17,19). The summed E-state index contributed by atoms with van der Waals surface area (Å²) in [5, 5.41) is 3.02. The Labute approximate surface area is 140 Å². The quantitative estimate of drug-likeness (QED) is 0.711. The lowest BCUT2D eigenvalue weighted by Gasteiger charge is -2.08. The molecule has 2 amide bonds. The molecule has 1 aromatic rings. The third kappa shape index (κ3) is 6.69. The van der Waals surface area contributed by atoms with Crippen LogP contribution in [0, 0.1) is 0 Å². The highest BCUT2D eigenvalue weighted by Crippen LogP contribution is 2.20. The van der Waals surface area contributed by atoms with Gasteiger partial charge in [0.2, 0.25) is 0 Å². The summed E-state index contributed by atoms with van der Waals surface area (Å²) in [6, 6.07) is 5.81.